The zero-order chi connectivity index (χ0) is 17.2. The average molecular weight is 328 g/mol. The number of fused-ring (bicyclic) bond motifs is 1. The molecular weight excluding hydrogens is 308 g/mol. The fourth-order valence-corrected chi connectivity index (χ4v) is 2.60. The van der Waals surface area contributed by atoms with Gasteiger partial charge in [-0.15, -0.1) is 0 Å². The summed E-state index contributed by atoms with van der Waals surface area (Å²) in [5, 5.41) is 14.1. The SMILES string of the molecule is COc1ccc2c(ccn2CC(=O)NCC(C)(O)c2ccco2)c1. The van der Waals surface area contributed by atoms with Crippen LogP contribution in [0.2, 0.25) is 0 Å². The molecule has 1 aromatic carbocycles. The van der Waals surface area contributed by atoms with Crippen LogP contribution in [0.4, 0.5) is 0 Å². The van der Waals surface area contributed by atoms with Crippen LogP contribution in [0.1, 0.15) is 12.7 Å². The fourth-order valence-electron chi connectivity index (χ4n) is 2.60. The molecule has 1 atom stereocenters. The number of ether oxygens (including phenoxy) is 1. The first-order valence-electron chi connectivity index (χ1n) is 7.65. The van der Waals surface area contributed by atoms with Crippen LogP contribution in [0.15, 0.2) is 53.3 Å². The third-order valence-electron chi connectivity index (χ3n) is 3.97. The summed E-state index contributed by atoms with van der Waals surface area (Å²) < 4.78 is 12.2. The van der Waals surface area contributed by atoms with Crippen molar-refractivity contribution in [2.45, 2.75) is 19.1 Å². The van der Waals surface area contributed by atoms with Crippen LogP contribution in [0.25, 0.3) is 10.9 Å². The Kier molecular flexibility index (Phi) is 4.31. The largest absolute Gasteiger partial charge is 0.497 e. The molecule has 0 saturated heterocycles. The zero-order valence-corrected chi connectivity index (χ0v) is 13.7. The van der Waals surface area contributed by atoms with E-state index in [-0.39, 0.29) is 19.0 Å². The van der Waals surface area contributed by atoms with Gasteiger partial charge in [-0.25, -0.2) is 0 Å². The average Bonchev–Trinajstić information content (AvgIpc) is 3.23. The first-order chi connectivity index (χ1) is 11.5. The lowest BCUT2D eigenvalue weighted by molar-refractivity contribution is -0.123. The van der Waals surface area contributed by atoms with Gasteiger partial charge >= 0.3 is 0 Å². The molecule has 0 saturated carbocycles. The van der Waals surface area contributed by atoms with Crippen LogP contribution >= 0.6 is 0 Å². The molecule has 2 aromatic heterocycles. The molecule has 0 fully saturated rings. The van der Waals surface area contributed by atoms with Crippen LogP contribution in [0.3, 0.4) is 0 Å². The van der Waals surface area contributed by atoms with Crippen molar-refractivity contribution in [1.82, 2.24) is 9.88 Å². The summed E-state index contributed by atoms with van der Waals surface area (Å²) in [6.07, 6.45) is 3.35. The van der Waals surface area contributed by atoms with Gasteiger partial charge in [0.05, 0.1) is 19.9 Å². The number of hydrogen-bond donors (Lipinski definition) is 2. The Labute approximate surface area is 139 Å². The highest BCUT2D eigenvalue weighted by Gasteiger charge is 2.26. The Morgan fingerprint density at radius 1 is 1.38 bits per heavy atom. The van der Waals surface area contributed by atoms with E-state index in [1.165, 1.54) is 6.26 Å². The molecule has 0 aliphatic carbocycles. The van der Waals surface area contributed by atoms with Gasteiger partial charge in [0.15, 0.2) is 0 Å². The van der Waals surface area contributed by atoms with E-state index >= 15 is 0 Å². The highest BCUT2D eigenvalue weighted by atomic mass is 16.5. The molecule has 0 aliphatic rings. The predicted molar refractivity (Wildman–Crippen MR) is 89.8 cm³/mol. The molecule has 6 heteroatoms. The van der Waals surface area contributed by atoms with Crippen molar-refractivity contribution in [2.24, 2.45) is 0 Å². The van der Waals surface area contributed by atoms with E-state index in [9.17, 15) is 9.90 Å². The zero-order valence-electron chi connectivity index (χ0n) is 13.7. The fraction of sp³-hybridized carbons (Fsp3) is 0.278. The van der Waals surface area contributed by atoms with Gasteiger partial charge in [0.25, 0.3) is 0 Å². The first-order valence-corrected chi connectivity index (χ1v) is 7.65. The van der Waals surface area contributed by atoms with Crippen LogP contribution in [-0.4, -0.2) is 29.2 Å². The summed E-state index contributed by atoms with van der Waals surface area (Å²) in [5.74, 6) is 1.01. The number of nitrogens with zero attached hydrogens (tertiary/aromatic N) is 1. The lowest BCUT2D eigenvalue weighted by atomic mass is 10.0. The van der Waals surface area contributed by atoms with Gasteiger partial charge in [0.1, 0.15) is 23.7 Å². The van der Waals surface area contributed by atoms with E-state index in [0.29, 0.717) is 5.76 Å². The summed E-state index contributed by atoms with van der Waals surface area (Å²) in [5.41, 5.74) is -0.297. The molecule has 0 aliphatic heterocycles. The maximum Gasteiger partial charge on any atom is 0.240 e. The number of carbonyl (C=O) groups excluding carboxylic acids is 1. The van der Waals surface area contributed by atoms with Gasteiger partial charge < -0.3 is 24.1 Å². The molecule has 0 spiro atoms. The van der Waals surface area contributed by atoms with Gasteiger partial charge in [0.2, 0.25) is 5.91 Å². The van der Waals surface area contributed by atoms with E-state index in [4.69, 9.17) is 9.15 Å². The van der Waals surface area contributed by atoms with Crippen molar-refractivity contribution >= 4 is 16.8 Å². The molecule has 0 radical (unpaired) electrons. The van der Waals surface area contributed by atoms with Gasteiger partial charge in [-0.1, -0.05) is 0 Å². The summed E-state index contributed by atoms with van der Waals surface area (Å²) in [6, 6.07) is 11.0. The summed E-state index contributed by atoms with van der Waals surface area (Å²) >= 11 is 0. The Balaban J connectivity index is 1.65. The van der Waals surface area contributed by atoms with Gasteiger partial charge in [-0.3, -0.25) is 4.79 Å². The molecule has 2 N–H and O–H groups in total. The molecule has 6 nitrogen and oxygen atoms in total. The summed E-state index contributed by atoms with van der Waals surface area (Å²) in [7, 11) is 1.62. The van der Waals surface area contributed by atoms with E-state index < -0.39 is 5.60 Å². The predicted octanol–water partition coefficient (Wildman–Crippen LogP) is 2.27. The maximum atomic E-state index is 12.2. The molecular formula is C18H20N2O4. The molecule has 1 amide bonds. The number of benzene rings is 1. The van der Waals surface area contributed by atoms with Gasteiger partial charge in [-0.05, 0) is 43.3 Å². The van der Waals surface area contributed by atoms with Crippen LogP contribution in [-0.2, 0) is 16.9 Å². The number of methoxy groups -OCH3 is 1. The number of hydrogen-bond acceptors (Lipinski definition) is 4. The minimum atomic E-state index is -1.24. The van der Waals surface area contributed by atoms with E-state index in [1.807, 2.05) is 35.0 Å². The Morgan fingerprint density at radius 3 is 2.92 bits per heavy atom. The van der Waals surface area contributed by atoms with E-state index in [1.54, 1.807) is 26.2 Å². The minimum Gasteiger partial charge on any atom is -0.497 e. The molecule has 24 heavy (non-hydrogen) atoms. The lowest BCUT2D eigenvalue weighted by Gasteiger charge is -2.21. The van der Waals surface area contributed by atoms with Crippen molar-refractivity contribution in [1.29, 1.82) is 0 Å². The molecule has 0 bridgehead atoms. The smallest absolute Gasteiger partial charge is 0.240 e. The van der Waals surface area contributed by atoms with Crippen LogP contribution in [0, 0.1) is 0 Å². The number of nitrogens with one attached hydrogen (secondary N) is 1. The third kappa shape index (κ3) is 3.28. The minimum absolute atomic E-state index is 0.0758. The van der Waals surface area contributed by atoms with E-state index in [2.05, 4.69) is 5.32 Å². The highest BCUT2D eigenvalue weighted by Crippen LogP contribution is 2.22. The van der Waals surface area contributed by atoms with Crippen molar-refractivity contribution in [3.05, 3.63) is 54.6 Å². The molecule has 126 valence electrons. The van der Waals surface area contributed by atoms with E-state index in [0.717, 1.165) is 16.7 Å². The highest BCUT2D eigenvalue weighted by molar-refractivity contribution is 5.84. The number of furan rings is 1. The molecule has 3 aromatic rings. The van der Waals surface area contributed by atoms with Crippen molar-refractivity contribution in [3.63, 3.8) is 0 Å². The second-order valence-electron chi connectivity index (χ2n) is 5.90. The monoisotopic (exact) mass is 328 g/mol. The Hall–Kier alpha value is -2.73. The third-order valence-corrected chi connectivity index (χ3v) is 3.97. The van der Waals surface area contributed by atoms with Gasteiger partial charge in [0, 0.05) is 17.1 Å². The van der Waals surface area contributed by atoms with Crippen LogP contribution in [0.5, 0.6) is 5.75 Å². The summed E-state index contributed by atoms with van der Waals surface area (Å²) in [4.78, 5) is 12.2. The first kappa shape index (κ1) is 16.1. The lowest BCUT2D eigenvalue weighted by Crippen LogP contribution is -2.39. The number of rotatable bonds is 6. The van der Waals surface area contributed by atoms with Crippen molar-refractivity contribution < 1.29 is 19.1 Å². The molecule has 3 rings (SSSR count). The number of aliphatic hydroxyl groups is 1. The standard InChI is InChI=1S/C18H20N2O4/c1-18(22,16-4-3-9-24-16)12-19-17(21)11-20-8-7-13-10-14(23-2)5-6-15(13)20/h3-10,22H,11-12H2,1-2H3,(H,19,21). The van der Waals surface area contributed by atoms with Crippen molar-refractivity contribution in [2.75, 3.05) is 13.7 Å². The summed E-state index contributed by atoms with van der Waals surface area (Å²) in [6.45, 7) is 1.85. The quantitative estimate of drug-likeness (QED) is 0.728. The molecule has 1 unspecified atom stereocenters. The second-order valence-corrected chi connectivity index (χ2v) is 5.90. The number of amides is 1. The number of aromatic nitrogens is 1. The number of carbonyl (C=O) groups is 1. The second kappa shape index (κ2) is 6.41. The maximum absolute atomic E-state index is 12.2. The van der Waals surface area contributed by atoms with Crippen molar-refractivity contribution in [3.8, 4) is 5.75 Å². The topological polar surface area (TPSA) is 76.6 Å². The van der Waals surface area contributed by atoms with Crippen LogP contribution < -0.4 is 10.1 Å². The van der Waals surface area contributed by atoms with Gasteiger partial charge in [-0.2, -0.15) is 0 Å². The Morgan fingerprint density at radius 2 is 2.21 bits per heavy atom. The normalized spacial score (nSPS) is 13.6. The Bertz CT molecular complexity index is 834. The molecule has 2 heterocycles.